The molecular formula is C14H20ClN3O2. The van der Waals surface area contributed by atoms with Gasteiger partial charge in [-0.1, -0.05) is 17.7 Å². The maximum atomic E-state index is 11.0. The molecule has 1 heterocycles. The molecule has 1 aromatic rings. The minimum Gasteiger partial charge on any atom is -0.329 e. The Morgan fingerprint density at radius 3 is 2.65 bits per heavy atom. The van der Waals surface area contributed by atoms with Crippen LogP contribution in [0.1, 0.15) is 25.3 Å². The van der Waals surface area contributed by atoms with Crippen LogP contribution in [0.4, 0.5) is 5.69 Å². The second kappa shape index (κ2) is 6.08. The van der Waals surface area contributed by atoms with Crippen molar-refractivity contribution in [2.24, 2.45) is 5.73 Å². The summed E-state index contributed by atoms with van der Waals surface area (Å²) in [4.78, 5) is 12.9. The molecule has 6 heteroatoms. The van der Waals surface area contributed by atoms with Crippen molar-refractivity contribution in [3.8, 4) is 0 Å². The average Bonchev–Trinajstić information content (AvgIpc) is 2.95. The summed E-state index contributed by atoms with van der Waals surface area (Å²) in [6.07, 6.45) is 3.08. The number of rotatable bonds is 5. The average molecular weight is 298 g/mol. The van der Waals surface area contributed by atoms with E-state index in [-0.39, 0.29) is 16.2 Å². The van der Waals surface area contributed by atoms with Gasteiger partial charge in [-0.3, -0.25) is 15.0 Å². The normalized spacial score (nSPS) is 18.9. The summed E-state index contributed by atoms with van der Waals surface area (Å²) in [5.41, 5.74) is 6.67. The van der Waals surface area contributed by atoms with Crippen LogP contribution in [0.15, 0.2) is 18.2 Å². The van der Waals surface area contributed by atoms with Crippen LogP contribution < -0.4 is 5.73 Å². The first-order chi connectivity index (χ1) is 9.46. The molecule has 110 valence electrons. The molecule has 1 unspecified atom stereocenters. The van der Waals surface area contributed by atoms with E-state index in [4.69, 9.17) is 17.3 Å². The summed E-state index contributed by atoms with van der Waals surface area (Å²) in [6.45, 7) is 4.74. The van der Waals surface area contributed by atoms with Gasteiger partial charge >= 0.3 is 0 Å². The third-order valence-electron chi connectivity index (χ3n) is 4.10. The molecule has 0 spiro atoms. The predicted molar refractivity (Wildman–Crippen MR) is 80.1 cm³/mol. The monoisotopic (exact) mass is 297 g/mol. The predicted octanol–water partition coefficient (Wildman–Crippen LogP) is 2.60. The molecule has 2 rings (SSSR count). The maximum Gasteiger partial charge on any atom is 0.288 e. The first kappa shape index (κ1) is 15.2. The molecule has 0 aliphatic carbocycles. The molecule has 20 heavy (non-hydrogen) atoms. The molecule has 2 N–H and O–H groups in total. The van der Waals surface area contributed by atoms with E-state index < -0.39 is 4.92 Å². The van der Waals surface area contributed by atoms with E-state index in [1.165, 1.54) is 12.8 Å². The van der Waals surface area contributed by atoms with Gasteiger partial charge in [-0.15, -0.1) is 0 Å². The maximum absolute atomic E-state index is 11.0. The lowest BCUT2D eigenvalue weighted by Crippen LogP contribution is -2.51. The molecule has 1 aliphatic heterocycles. The van der Waals surface area contributed by atoms with E-state index in [1.54, 1.807) is 12.1 Å². The SMILES string of the molecule is CC(CN)(Cc1ccc(Cl)c([N+](=O)[O-])c1)N1CCCC1. The summed E-state index contributed by atoms with van der Waals surface area (Å²) < 4.78 is 0. The summed E-state index contributed by atoms with van der Waals surface area (Å²) in [5, 5.41) is 11.1. The number of hydrogen-bond donors (Lipinski definition) is 1. The van der Waals surface area contributed by atoms with Gasteiger partial charge in [0.15, 0.2) is 0 Å². The molecule has 0 bridgehead atoms. The van der Waals surface area contributed by atoms with Crippen molar-refractivity contribution in [3.05, 3.63) is 38.9 Å². The van der Waals surface area contributed by atoms with Gasteiger partial charge in [0, 0.05) is 18.2 Å². The third-order valence-corrected chi connectivity index (χ3v) is 4.42. The van der Waals surface area contributed by atoms with Gasteiger partial charge in [0.1, 0.15) is 5.02 Å². The van der Waals surface area contributed by atoms with Gasteiger partial charge in [-0.05, 0) is 50.9 Å². The second-order valence-corrected chi connectivity index (χ2v) is 6.02. The van der Waals surface area contributed by atoms with Crippen molar-refractivity contribution in [3.63, 3.8) is 0 Å². The number of hydrogen-bond acceptors (Lipinski definition) is 4. The topological polar surface area (TPSA) is 72.4 Å². The quantitative estimate of drug-likeness (QED) is 0.670. The molecule has 0 radical (unpaired) electrons. The van der Waals surface area contributed by atoms with Gasteiger partial charge < -0.3 is 5.73 Å². The Labute approximate surface area is 123 Å². The van der Waals surface area contributed by atoms with E-state index >= 15 is 0 Å². The van der Waals surface area contributed by atoms with Crippen LogP contribution in [-0.4, -0.2) is 35.0 Å². The number of likely N-dealkylation sites (tertiary alicyclic amines) is 1. The molecule has 1 atom stereocenters. The molecular weight excluding hydrogens is 278 g/mol. The summed E-state index contributed by atoms with van der Waals surface area (Å²) >= 11 is 5.85. The zero-order chi connectivity index (χ0) is 14.8. The molecule has 1 aromatic carbocycles. The highest BCUT2D eigenvalue weighted by Gasteiger charge is 2.33. The van der Waals surface area contributed by atoms with E-state index in [9.17, 15) is 10.1 Å². The fourth-order valence-corrected chi connectivity index (χ4v) is 3.00. The molecule has 0 saturated carbocycles. The van der Waals surface area contributed by atoms with Crippen molar-refractivity contribution in [1.29, 1.82) is 0 Å². The molecule has 0 amide bonds. The van der Waals surface area contributed by atoms with Crippen molar-refractivity contribution in [2.75, 3.05) is 19.6 Å². The van der Waals surface area contributed by atoms with Crippen LogP contribution in [-0.2, 0) is 6.42 Å². The summed E-state index contributed by atoms with van der Waals surface area (Å²) in [7, 11) is 0. The van der Waals surface area contributed by atoms with E-state index in [1.807, 2.05) is 6.07 Å². The lowest BCUT2D eigenvalue weighted by atomic mass is 9.91. The number of nitro benzene ring substituents is 1. The van der Waals surface area contributed by atoms with Crippen molar-refractivity contribution in [2.45, 2.75) is 31.7 Å². The Hall–Kier alpha value is -1.17. The highest BCUT2D eigenvalue weighted by molar-refractivity contribution is 6.32. The zero-order valence-corrected chi connectivity index (χ0v) is 12.4. The van der Waals surface area contributed by atoms with Gasteiger partial charge in [0.2, 0.25) is 0 Å². The lowest BCUT2D eigenvalue weighted by Gasteiger charge is -2.38. The van der Waals surface area contributed by atoms with Gasteiger partial charge in [0.25, 0.3) is 5.69 Å². The first-order valence-electron chi connectivity index (χ1n) is 6.84. The number of nitrogens with zero attached hydrogens (tertiary/aromatic N) is 2. The number of halogens is 1. The minimum absolute atomic E-state index is 0.0371. The highest BCUT2D eigenvalue weighted by atomic mass is 35.5. The zero-order valence-electron chi connectivity index (χ0n) is 11.6. The van der Waals surface area contributed by atoms with Crippen LogP contribution in [0.2, 0.25) is 5.02 Å². The number of nitro groups is 1. The van der Waals surface area contributed by atoms with E-state index in [2.05, 4.69) is 11.8 Å². The minimum atomic E-state index is -0.443. The van der Waals surface area contributed by atoms with Crippen LogP contribution in [0, 0.1) is 10.1 Å². The van der Waals surface area contributed by atoms with Gasteiger partial charge in [-0.2, -0.15) is 0 Å². The van der Waals surface area contributed by atoms with Gasteiger partial charge in [0.05, 0.1) is 4.92 Å². The molecule has 1 aliphatic rings. The van der Waals surface area contributed by atoms with E-state index in [0.717, 1.165) is 18.7 Å². The third kappa shape index (κ3) is 3.11. The van der Waals surface area contributed by atoms with Crippen LogP contribution in [0.5, 0.6) is 0 Å². The summed E-state index contributed by atoms with van der Waals surface area (Å²) in [6, 6.07) is 5.00. The lowest BCUT2D eigenvalue weighted by molar-refractivity contribution is -0.384. The molecule has 5 nitrogen and oxygen atoms in total. The van der Waals surface area contributed by atoms with Gasteiger partial charge in [-0.25, -0.2) is 0 Å². The van der Waals surface area contributed by atoms with Crippen LogP contribution >= 0.6 is 11.6 Å². The fraction of sp³-hybridized carbons (Fsp3) is 0.571. The highest BCUT2D eigenvalue weighted by Crippen LogP contribution is 2.29. The largest absolute Gasteiger partial charge is 0.329 e. The molecule has 1 fully saturated rings. The standard InChI is InChI=1S/C14H20ClN3O2/c1-14(10-16,17-6-2-3-7-17)9-11-4-5-12(15)13(8-11)18(19)20/h4-5,8H,2-3,6-7,9-10,16H2,1H3. The number of nitrogens with two attached hydrogens (primary N) is 1. The van der Waals surface area contributed by atoms with Crippen molar-refractivity contribution >= 4 is 17.3 Å². The first-order valence-corrected chi connectivity index (χ1v) is 7.22. The Morgan fingerprint density at radius 1 is 1.45 bits per heavy atom. The van der Waals surface area contributed by atoms with Crippen molar-refractivity contribution in [1.82, 2.24) is 4.90 Å². The van der Waals surface area contributed by atoms with Crippen LogP contribution in [0.25, 0.3) is 0 Å². The Balaban J connectivity index is 2.23. The van der Waals surface area contributed by atoms with E-state index in [0.29, 0.717) is 13.0 Å². The smallest absolute Gasteiger partial charge is 0.288 e. The fourth-order valence-electron chi connectivity index (χ4n) is 2.82. The Morgan fingerprint density at radius 2 is 2.10 bits per heavy atom. The Bertz CT molecular complexity index is 503. The molecule has 1 saturated heterocycles. The second-order valence-electron chi connectivity index (χ2n) is 5.61. The Kier molecular flexibility index (Phi) is 4.62. The number of benzene rings is 1. The van der Waals surface area contributed by atoms with Crippen molar-refractivity contribution < 1.29 is 4.92 Å². The van der Waals surface area contributed by atoms with Crippen LogP contribution in [0.3, 0.4) is 0 Å². The summed E-state index contributed by atoms with van der Waals surface area (Å²) in [5.74, 6) is 0. The molecule has 0 aromatic heterocycles.